The molecule has 0 bridgehead atoms. The standard InChI is InChI=1S/C18H28FN3O2/c1-14(15-7-8-17(23)16(19)13-15)20-18(24)21(2)11-12-22-9-5-3-4-6-10-22/h7-8,13-14,23H,3-6,9-12H2,1-2H3,(H,20,24)/t14-/m1/s1. The van der Waals surface area contributed by atoms with Crippen LogP contribution in [0, 0.1) is 5.82 Å². The second kappa shape index (κ2) is 8.87. The van der Waals surface area contributed by atoms with Gasteiger partial charge >= 0.3 is 6.03 Å². The number of benzene rings is 1. The van der Waals surface area contributed by atoms with Gasteiger partial charge in [0.2, 0.25) is 0 Å². The Bertz CT molecular complexity index is 545. The minimum Gasteiger partial charge on any atom is -0.505 e. The van der Waals surface area contributed by atoms with E-state index in [1.54, 1.807) is 24.9 Å². The molecule has 2 N–H and O–H groups in total. The van der Waals surface area contributed by atoms with Crippen LogP contribution < -0.4 is 5.32 Å². The minimum atomic E-state index is -0.678. The van der Waals surface area contributed by atoms with Crippen LogP contribution in [0.3, 0.4) is 0 Å². The van der Waals surface area contributed by atoms with E-state index in [9.17, 15) is 14.3 Å². The summed E-state index contributed by atoms with van der Waals surface area (Å²) in [6.07, 6.45) is 5.07. The van der Waals surface area contributed by atoms with Gasteiger partial charge in [-0.2, -0.15) is 0 Å². The van der Waals surface area contributed by atoms with E-state index >= 15 is 0 Å². The third kappa shape index (κ3) is 5.37. The first-order valence-corrected chi connectivity index (χ1v) is 8.70. The number of rotatable bonds is 5. The van der Waals surface area contributed by atoms with Gasteiger partial charge in [-0.15, -0.1) is 0 Å². The monoisotopic (exact) mass is 337 g/mol. The van der Waals surface area contributed by atoms with Gasteiger partial charge in [0.15, 0.2) is 11.6 Å². The molecular weight excluding hydrogens is 309 g/mol. The van der Waals surface area contributed by atoms with Crippen molar-refractivity contribution in [3.8, 4) is 5.75 Å². The maximum absolute atomic E-state index is 13.4. The predicted octanol–water partition coefficient (Wildman–Crippen LogP) is 3.11. The van der Waals surface area contributed by atoms with Gasteiger partial charge in [0.1, 0.15) is 0 Å². The number of carbonyl (C=O) groups is 1. The molecule has 0 radical (unpaired) electrons. The van der Waals surface area contributed by atoms with Crippen molar-refractivity contribution in [3.05, 3.63) is 29.6 Å². The number of amides is 2. The van der Waals surface area contributed by atoms with Crippen LogP contribution in [0.2, 0.25) is 0 Å². The summed E-state index contributed by atoms with van der Waals surface area (Å²) < 4.78 is 13.4. The molecule has 1 saturated heterocycles. The van der Waals surface area contributed by atoms with Gasteiger partial charge in [-0.3, -0.25) is 0 Å². The number of phenols is 1. The highest BCUT2D eigenvalue weighted by atomic mass is 19.1. The zero-order valence-electron chi connectivity index (χ0n) is 14.6. The highest BCUT2D eigenvalue weighted by Gasteiger charge is 2.16. The maximum atomic E-state index is 13.4. The van der Waals surface area contributed by atoms with E-state index in [0.29, 0.717) is 12.1 Å². The first kappa shape index (κ1) is 18.5. The zero-order valence-corrected chi connectivity index (χ0v) is 14.6. The number of nitrogens with zero attached hydrogens (tertiary/aromatic N) is 2. The summed E-state index contributed by atoms with van der Waals surface area (Å²) in [6.45, 7) is 5.57. The molecule has 1 aliphatic rings. The van der Waals surface area contributed by atoms with Crippen LogP contribution in [0.25, 0.3) is 0 Å². The van der Waals surface area contributed by atoms with Crippen molar-refractivity contribution in [1.29, 1.82) is 0 Å². The van der Waals surface area contributed by atoms with E-state index in [0.717, 1.165) is 19.6 Å². The summed E-state index contributed by atoms with van der Waals surface area (Å²) in [5.41, 5.74) is 0.625. The highest BCUT2D eigenvalue weighted by molar-refractivity contribution is 5.74. The average Bonchev–Trinajstić information content (AvgIpc) is 2.83. The van der Waals surface area contributed by atoms with E-state index in [4.69, 9.17) is 0 Å². The molecule has 0 saturated carbocycles. The molecule has 0 aliphatic carbocycles. The van der Waals surface area contributed by atoms with E-state index in [1.807, 2.05) is 0 Å². The summed E-state index contributed by atoms with van der Waals surface area (Å²) in [6, 6.07) is 3.66. The lowest BCUT2D eigenvalue weighted by molar-refractivity contribution is 0.192. The lowest BCUT2D eigenvalue weighted by Crippen LogP contribution is -2.42. The number of carbonyl (C=O) groups excluding carboxylic acids is 1. The SMILES string of the molecule is C[C@@H](NC(=O)N(C)CCN1CCCCCC1)c1ccc(O)c(F)c1. The first-order chi connectivity index (χ1) is 11.5. The van der Waals surface area contributed by atoms with Crippen molar-refractivity contribution in [1.82, 2.24) is 15.1 Å². The van der Waals surface area contributed by atoms with Gasteiger partial charge in [-0.05, 0) is 50.6 Å². The van der Waals surface area contributed by atoms with Gasteiger partial charge < -0.3 is 20.2 Å². The molecule has 0 unspecified atom stereocenters. The van der Waals surface area contributed by atoms with Gasteiger partial charge in [-0.1, -0.05) is 18.9 Å². The number of likely N-dealkylation sites (tertiary alicyclic amines) is 1. The smallest absolute Gasteiger partial charge is 0.317 e. The molecule has 0 spiro atoms. The Labute approximate surface area is 143 Å². The summed E-state index contributed by atoms with van der Waals surface area (Å²) in [5, 5.41) is 12.1. The van der Waals surface area contributed by atoms with Crippen LogP contribution in [0.1, 0.15) is 44.2 Å². The van der Waals surface area contributed by atoms with Crippen molar-refractivity contribution in [3.63, 3.8) is 0 Å². The number of urea groups is 1. The molecule has 1 aliphatic heterocycles. The van der Waals surface area contributed by atoms with Gasteiger partial charge in [0, 0.05) is 20.1 Å². The lowest BCUT2D eigenvalue weighted by Gasteiger charge is -2.25. The lowest BCUT2D eigenvalue weighted by atomic mass is 10.1. The Morgan fingerprint density at radius 3 is 2.62 bits per heavy atom. The maximum Gasteiger partial charge on any atom is 0.317 e. The molecule has 24 heavy (non-hydrogen) atoms. The largest absolute Gasteiger partial charge is 0.505 e. The van der Waals surface area contributed by atoms with Crippen LogP contribution in [-0.2, 0) is 0 Å². The molecule has 1 atom stereocenters. The second-order valence-electron chi connectivity index (χ2n) is 6.56. The Hall–Kier alpha value is -1.82. The van der Waals surface area contributed by atoms with Crippen LogP contribution >= 0.6 is 0 Å². The van der Waals surface area contributed by atoms with E-state index in [-0.39, 0.29) is 17.8 Å². The topological polar surface area (TPSA) is 55.8 Å². The Kier molecular flexibility index (Phi) is 6.85. The molecule has 2 rings (SSSR count). The molecule has 2 amide bonds. The molecule has 134 valence electrons. The Morgan fingerprint density at radius 1 is 1.33 bits per heavy atom. The van der Waals surface area contributed by atoms with Gasteiger partial charge in [0.25, 0.3) is 0 Å². The molecule has 0 aromatic heterocycles. The summed E-state index contributed by atoms with van der Waals surface area (Å²) in [5.74, 6) is -1.06. The summed E-state index contributed by atoms with van der Waals surface area (Å²) in [7, 11) is 1.78. The molecule has 6 heteroatoms. The van der Waals surface area contributed by atoms with Crippen molar-refractivity contribution in [2.75, 3.05) is 33.2 Å². The van der Waals surface area contributed by atoms with E-state index < -0.39 is 5.82 Å². The third-order valence-corrected chi connectivity index (χ3v) is 4.61. The Morgan fingerprint density at radius 2 is 2.00 bits per heavy atom. The van der Waals surface area contributed by atoms with Crippen LogP contribution in [-0.4, -0.2) is 54.2 Å². The zero-order chi connectivity index (χ0) is 17.5. The third-order valence-electron chi connectivity index (χ3n) is 4.61. The number of aromatic hydroxyl groups is 1. The van der Waals surface area contributed by atoms with Crippen molar-refractivity contribution in [2.24, 2.45) is 0 Å². The van der Waals surface area contributed by atoms with Crippen molar-refractivity contribution < 1.29 is 14.3 Å². The van der Waals surface area contributed by atoms with Crippen LogP contribution in [0.5, 0.6) is 5.75 Å². The number of halogens is 1. The quantitative estimate of drug-likeness (QED) is 0.868. The summed E-state index contributed by atoms with van der Waals surface area (Å²) in [4.78, 5) is 16.3. The highest BCUT2D eigenvalue weighted by Crippen LogP contribution is 2.20. The average molecular weight is 337 g/mol. The molecule has 1 aromatic rings. The van der Waals surface area contributed by atoms with Gasteiger partial charge in [-0.25, -0.2) is 9.18 Å². The number of nitrogens with one attached hydrogen (secondary N) is 1. The molecule has 5 nitrogen and oxygen atoms in total. The fourth-order valence-corrected chi connectivity index (χ4v) is 2.92. The number of hydrogen-bond acceptors (Lipinski definition) is 3. The molecule has 1 aromatic carbocycles. The minimum absolute atomic E-state index is 0.175. The van der Waals surface area contributed by atoms with Gasteiger partial charge in [0.05, 0.1) is 6.04 Å². The van der Waals surface area contributed by atoms with Crippen LogP contribution in [0.15, 0.2) is 18.2 Å². The fraction of sp³-hybridized carbons (Fsp3) is 0.611. The van der Waals surface area contributed by atoms with Crippen molar-refractivity contribution in [2.45, 2.75) is 38.6 Å². The van der Waals surface area contributed by atoms with Crippen molar-refractivity contribution >= 4 is 6.03 Å². The second-order valence-corrected chi connectivity index (χ2v) is 6.56. The van der Waals surface area contributed by atoms with E-state index in [1.165, 1.54) is 37.8 Å². The number of phenolic OH excluding ortho intramolecular Hbond substituents is 1. The molecular formula is C18H28FN3O2. The molecule has 1 fully saturated rings. The summed E-state index contributed by atoms with van der Waals surface area (Å²) >= 11 is 0. The number of likely N-dealkylation sites (N-methyl/N-ethyl adjacent to an activating group) is 1. The predicted molar refractivity (Wildman–Crippen MR) is 92.5 cm³/mol. The van der Waals surface area contributed by atoms with Crippen LogP contribution in [0.4, 0.5) is 9.18 Å². The first-order valence-electron chi connectivity index (χ1n) is 8.70. The van der Waals surface area contributed by atoms with E-state index in [2.05, 4.69) is 10.2 Å². The number of hydrogen-bond donors (Lipinski definition) is 2. The Balaban J connectivity index is 1.80. The normalized spacial score (nSPS) is 17.1. The fourth-order valence-electron chi connectivity index (χ4n) is 2.92. The molecule has 1 heterocycles.